The Morgan fingerprint density at radius 3 is 2.36 bits per heavy atom. The number of hydrogen-bond acceptors (Lipinski definition) is 4. The van der Waals surface area contributed by atoms with Crippen molar-refractivity contribution in [2.45, 2.75) is 84.2 Å². The van der Waals surface area contributed by atoms with Crippen molar-refractivity contribution in [1.29, 1.82) is 0 Å². The van der Waals surface area contributed by atoms with Crippen molar-refractivity contribution in [2.24, 2.45) is 45.7 Å². The Kier molecular flexibility index (Phi) is 3.05. The minimum atomic E-state index is -0.243. The van der Waals surface area contributed by atoms with Crippen molar-refractivity contribution >= 4 is 11.8 Å². The first-order chi connectivity index (χ1) is 13.2. The van der Waals surface area contributed by atoms with Crippen molar-refractivity contribution in [1.82, 2.24) is 0 Å². The van der Waals surface area contributed by atoms with Gasteiger partial charge >= 0.3 is 5.97 Å². The van der Waals surface area contributed by atoms with Crippen LogP contribution in [0.5, 0.6) is 0 Å². The van der Waals surface area contributed by atoms with E-state index in [4.69, 9.17) is 10.5 Å². The molecule has 6 aliphatic rings. The van der Waals surface area contributed by atoms with Gasteiger partial charge in [0, 0.05) is 40.9 Å². The molecule has 0 aromatic rings. The van der Waals surface area contributed by atoms with Crippen LogP contribution in [0.15, 0.2) is 11.3 Å². The first-order valence-electron chi connectivity index (χ1n) is 11.4. The molecule has 8 atom stereocenters. The molecule has 152 valence electrons. The Labute approximate surface area is 167 Å². The average Bonchev–Trinajstić information content (AvgIpc) is 3.25. The Hall–Kier alpha value is -1.32. The molecule has 1 spiro atoms. The monoisotopic (exact) mass is 383 g/mol. The number of ketones is 1. The van der Waals surface area contributed by atoms with E-state index < -0.39 is 0 Å². The molecular formula is C24H33NO3. The number of esters is 1. The second-order valence-electron chi connectivity index (χ2n) is 11.6. The van der Waals surface area contributed by atoms with E-state index in [1.54, 1.807) is 0 Å². The summed E-state index contributed by atoms with van der Waals surface area (Å²) in [5.74, 6) is 2.38. The maximum Gasteiger partial charge on any atom is 0.306 e. The lowest BCUT2D eigenvalue weighted by molar-refractivity contribution is -0.182. The summed E-state index contributed by atoms with van der Waals surface area (Å²) in [4.78, 5) is 25.0. The number of ether oxygens (including phenoxy) is 1. The molecule has 0 radical (unpaired) electrons. The van der Waals surface area contributed by atoms with Gasteiger partial charge in [-0.25, -0.2) is 0 Å². The van der Waals surface area contributed by atoms with Crippen molar-refractivity contribution in [3.63, 3.8) is 0 Å². The summed E-state index contributed by atoms with van der Waals surface area (Å²) in [5, 5.41) is 0. The maximum absolute atomic E-state index is 12.9. The van der Waals surface area contributed by atoms with E-state index in [1.165, 1.54) is 6.42 Å². The summed E-state index contributed by atoms with van der Waals surface area (Å²) in [6.07, 6.45) is 8.70. The van der Waals surface area contributed by atoms with E-state index in [1.807, 2.05) is 0 Å². The number of Topliss-reactive ketones (excluding diaryl/α,β-unsaturated/α-hetero) is 1. The fraction of sp³-hybridized carbons (Fsp3) is 0.833. The number of nitrogens with two attached hydrogens (primary N) is 1. The number of carbonyl (C=O) groups excluding carboxylic acids is 2. The first kappa shape index (κ1) is 17.5. The highest BCUT2D eigenvalue weighted by molar-refractivity contribution is 5.99. The van der Waals surface area contributed by atoms with E-state index in [0.717, 1.165) is 49.8 Å². The standard InChI is InChI=1S/C24H33NO3/c1-21-9-6-16(26)19-20(25)13(12-23(19,21)3)18-14(21)4-8-22(2)15(18)5-10-24(22)11-7-17(27)28-24/h13-15,18H,4-12,25H2,1-3H3/t13-,14?,15?,18?,21?,22?,23-,24-/m1/s1. The number of carbonyl (C=O) groups is 2. The zero-order chi connectivity index (χ0) is 19.7. The van der Waals surface area contributed by atoms with Gasteiger partial charge in [-0.3, -0.25) is 9.59 Å². The highest BCUT2D eigenvalue weighted by atomic mass is 16.6. The Morgan fingerprint density at radius 2 is 1.64 bits per heavy atom. The molecule has 28 heavy (non-hydrogen) atoms. The fourth-order valence-electron chi connectivity index (χ4n) is 9.65. The Balaban J connectivity index is 1.49. The van der Waals surface area contributed by atoms with E-state index in [9.17, 15) is 9.59 Å². The molecule has 2 N–H and O–H groups in total. The summed E-state index contributed by atoms with van der Waals surface area (Å²) < 4.78 is 6.08. The molecule has 0 amide bonds. The summed E-state index contributed by atoms with van der Waals surface area (Å²) in [7, 11) is 0. The van der Waals surface area contributed by atoms with Crippen LogP contribution >= 0.6 is 0 Å². The molecule has 5 fully saturated rings. The van der Waals surface area contributed by atoms with Crippen LogP contribution in [0.25, 0.3) is 0 Å². The van der Waals surface area contributed by atoms with Crippen LogP contribution in [0.2, 0.25) is 0 Å². The number of allylic oxidation sites excluding steroid dienone is 2. The molecule has 6 rings (SSSR count). The molecule has 0 aromatic carbocycles. The lowest BCUT2D eigenvalue weighted by Gasteiger charge is -2.64. The summed E-state index contributed by atoms with van der Waals surface area (Å²) >= 11 is 0. The minimum Gasteiger partial charge on any atom is -0.458 e. The molecule has 0 aromatic heterocycles. The smallest absolute Gasteiger partial charge is 0.306 e. The Bertz CT molecular complexity index is 847. The topological polar surface area (TPSA) is 69.4 Å². The lowest BCUT2D eigenvalue weighted by Crippen LogP contribution is -2.60. The van der Waals surface area contributed by atoms with Gasteiger partial charge in [-0.1, -0.05) is 20.8 Å². The van der Waals surface area contributed by atoms with Gasteiger partial charge in [-0.05, 0) is 68.1 Å². The molecule has 5 unspecified atom stereocenters. The van der Waals surface area contributed by atoms with E-state index in [0.29, 0.717) is 42.3 Å². The molecule has 4 nitrogen and oxygen atoms in total. The third-order valence-corrected chi connectivity index (χ3v) is 11.2. The molecule has 1 aliphatic heterocycles. The van der Waals surface area contributed by atoms with Crippen molar-refractivity contribution in [3.8, 4) is 0 Å². The van der Waals surface area contributed by atoms with Gasteiger partial charge in [-0.15, -0.1) is 0 Å². The Morgan fingerprint density at radius 1 is 0.929 bits per heavy atom. The van der Waals surface area contributed by atoms with Crippen LogP contribution in [0, 0.1) is 39.9 Å². The normalized spacial score (nSPS) is 56.8. The van der Waals surface area contributed by atoms with Crippen LogP contribution < -0.4 is 5.73 Å². The zero-order valence-electron chi connectivity index (χ0n) is 17.5. The van der Waals surface area contributed by atoms with E-state index >= 15 is 0 Å². The van der Waals surface area contributed by atoms with Crippen LogP contribution in [0.3, 0.4) is 0 Å². The van der Waals surface area contributed by atoms with Gasteiger partial charge in [0.25, 0.3) is 0 Å². The van der Waals surface area contributed by atoms with Crippen molar-refractivity contribution in [2.75, 3.05) is 0 Å². The summed E-state index contributed by atoms with van der Waals surface area (Å²) in [6.45, 7) is 7.21. The highest BCUT2D eigenvalue weighted by Crippen LogP contribution is 2.77. The molecular weight excluding hydrogens is 350 g/mol. The first-order valence-corrected chi connectivity index (χ1v) is 11.4. The lowest BCUT2D eigenvalue weighted by atomic mass is 9.40. The molecule has 1 saturated heterocycles. The summed E-state index contributed by atoms with van der Waals surface area (Å²) in [6, 6.07) is 0. The zero-order valence-corrected chi connectivity index (χ0v) is 17.5. The van der Waals surface area contributed by atoms with Crippen LogP contribution in [0.1, 0.15) is 78.6 Å². The quantitative estimate of drug-likeness (QED) is 0.639. The largest absolute Gasteiger partial charge is 0.458 e. The third kappa shape index (κ3) is 1.61. The van der Waals surface area contributed by atoms with Gasteiger partial charge in [0.15, 0.2) is 5.78 Å². The molecule has 4 heteroatoms. The molecule has 1 heterocycles. The summed E-state index contributed by atoms with van der Waals surface area (Å²) in [5.41, 5.74) is 8.66. The molecule has 5 aliphatic carbocycles. The van der Waals surface area contributed by atoms with Crippen LogP contribution in [0.4, 0.5) is 0 Å². The van der Waals surface area contributed by atoms with Crippen LogP contribution in [-0.4, -0.2) is 17.4 Å². The predicted molar refractivity (Wildman–Crippen MR) is 105 cm³/mol. The second-order valence-corrected chi connectivity index (χ2v) is 11.6. The molecule has 4 saturated carbocycles. The predicted octanol–water partition coefficient (Wildman–Crippen LogP) is 4.13. The van der Waals surface area contributed by atoms with Gasteiger partial charge in [-0.2, -0.15) is 0 Å². The second kappa shape index (κ2) is 4.87. The third-order valence-electron chi connectivity index (χ3n) is 11.2. The minimum absolute atomic E-state index is 0.00358. The van der Waals surface area contributed by atoms with Crippen molar-refractivity contribution < 1.29 is 14.3 Å². The van der Waals surface area contributed by atoms with Gasteiger partial charge in [0.2, 0.25) is 0 Å². The van der Waals surface area contributed by atoms with Crippen molar-refractivity contribution in [3.05, 3.63) is 11.3 Å². The number of fused-ring (bicyclic) bond motifs is 7. The average molecular weight is 384 g/mol. The van der Waals surface area contributed by atoms with Gasteiger partial charge in [0.1, 0.15) is 5.60 Å². The fourth-order valence-corrected chi connectivity index (χ4v) is 9.65. The van der Waals surface area contributed by atoms with E-state index in [2.05, 4.69) is 20.8 Å². The number of hydrogen-bond donors (Lipinski definition) is 1. The highest BCUT2D eigenvalue weighted by Gasteiger charge is 2.73. The van der Waals surface area contributed by atoms with Gasteiger partial charge < -0.3 is 10.5 Å². The SMILES string of the molecule is CC12CCC3C(C1CC[C@@]21CCC(=O)O1)[C@H]1C[C@]2(C)C(=C1N)C(=O)CCC32C. The van der Waals surface area contributed by atoms with Crippen LogP contribution in [-0.2, 0) is 14.3 Å². The number of rotatable bonds is 0. The van der Waals surface area contributed by atoms with E-state index in [-0.39, 0.29) is 27.8 Å². The maximum atomic E-state index is 12.9. The molecule has 2 bridgehead atoms. The van der Waals surface area contributed by atoms with Gasteiger partial charge in [0.05, 0.1) is 0 Å².